The van der Waals surface area contributed by atoms with Crippen molar-refractivity contribution in [2.24, 2.45) is 0 Å². The Balaban J connectivity index is 2.44. The Bertz CT molecular complexity index is 829. The highest BCUT2D eigenvalue weighted by Gasteiger charge is 2.20. The molecule has 6 nitrogen and oxygen atoms in total. The molecule has 0 saturated heterocycles. The van der Waals surface area contributed by atoms with E-state index in [-0.39, 0.29) is 17.8 Å². The summed E-state index contributed by atoms with van der Waals surface area (Å²) in [5, 5.41) is 0.733. The summed E-state index contributed by atoms with van der Waals surface area (Å²) in [4.78, 5) is 24.1. The smallest absolute Gasteiger partial charge is 0.298 e. The summed E-state index contributed by atoms with van der Waals surface area (Å²) in [5.74, 6) is 0.284. The predicted molar refractivity (Wildman–Crippen MR) is 113 cm³/mol. The molecule has 6 heteroatoms. The first-order valence-electron chi connectivity index (χ1n) is 10.3. The summed E-state index contributed by atoms with van der Waals surface area (Å²) in [6, 6.07) is 5.37. The molecule has 0 spiro atoms. The number of aryl methyl sites for hydroxylation is 1. The number of nitrogen functional groups attached to an aromatic ring is 1. The second-order valence-corrected chi connectivity index (χ2v) is 7.08. The molecule has 0 bridgehead atoms. The minimum atomic E-state index is -0.356. The fourth-order valence-corrected chi connectivity index (χ4v) is 3.33. The molecule has 0 saturated carbocycles. The van der Waals surface area contributed by atoms with Gasteiger partial charge in [-0.3, -0.25) is 9.59 Å². The molecule has 2 N–H and O–H groups in total. The van der Waals surface area contributed by atoms with E-state index in [1.807, 2.05) is 6.07 Å². The summed E-state index contributed by atoms with van der Waals surface area (Å²) >= 11 is 0. The highest BCUT2D eigenvalue weighted by atomic mass is 16.5. The Morgan fingerprint density at radius 1 is 1.00 bits per heavy atom. The van der Waals surface area contributed by atoms with Crippen LogP contribution in [0.15, 0.2) is 23.0 Å². The topological polar surface area (TPSA) is 83.5 Å². The molecule has 1 aromatic carbocycles. The van der Waals surface area contributed by atoms with Crippen molar-refractivity contribution in [3.8, 4) is 11.5 Å². The minimum Gasteiger partial charge on any atom is -0.489 e. The average Bonchev–Trinajstić information content (AvgIpc) is 2.69. The Morgan fingerprint density at radius 2 is 1.71 bits per heavy atom. The van der Waals surface area contributed by atoms with Crippen LogP contribution >= 0.6 is 0 Å². The Labute approximate surface area is 166 Å². The number of hydrogen-bond acceptors (Lipinski definition) is 5. The van der Waals surface area contributed by atoms with Gasteiger partial charge in [-0.1, -0.05) is 52.4 Å². The number of nitrogens with two attached hydrogens (primary N) is 1. The first-order valence-corrected chi connectivity index (χ1v) is 10.3. The van der Waals surface area contributed by atoms with Crippen LogP contribution in [0.2, 0.25) is 0 Å². The molecule has 2 aromatic rings. The zero-order chi connectivity index (χ0) is 20.4. The van der Waals surface area contributed by atoms with Crippen molar-refractivity contribution in [3.63, 3.8) is 0 Å². The van der Waals surface area contributed by atoms with Crippen LogP contribution in [0, 0.1) is 0 Å². The largest absolute Gasteiger partial charge is 0.489 e. The van der Waals surface area contributed by atoms with E-state index in [0.29, 0.717) is 30.1 Å². The molecule has 0 aliphatic rings. The van der Waals surface area contributed by atoms with Crippen LogP contribution in [0.25, 0.3) is 10.9 Å². The lowest BCUT2D eigenvalue weighted by Gasteiger charge is -2.17. The number of rotatable bonds is 13. The van der Waals surface area contributed by atoms with Gasteiger partial charge in [0.05, 0.1) is 12.1 Å². The van der Waals surface area contributed by atoms with E-state index >= 15 is 0 Å². The first-order chi connectivity index (χ1) is 13.6. The number of fused-ring (bicyclic) bond motifs is 1. The highest BCUT2D eigenvalue weighted by Crippen LogP contribution is 2.34. The highest BCUT2D eigenvalue weighted by molar-refractivity contribution is 5.90. The Hall–Kier alpha value is -2.50. The van der Waals surface area contributed by atoms with Gasteiger partial charge in [-0.2, -0.15) is 0 Å². The minimum absolute atomic E-state index is 0.0433. The second kappa shape index (κ2) is 11.4. The molecular weight excluding hydrogens is 356 g/mol. The first kappa shape index (κ1) is 21.8. The molecule has 2 rings (SSSR count). The fourth-order valence-electron chi connectivity index (χ4n) is 3.33. The van der Waals surface area contributed by atoms with Crippen molar-refractivity contribution >= 4 is 23.1 Å². The molecule has 0 amide bonds. The average molecular weight is 389 g/mol. The van der Waals surface area contributed by atoms with Gasteiger partial charge in [0.15, 0.2) is 5.75 Å². The van der Waals surface area contributed by atoms with Gasteiger partial charge in [-0.15, -0.1) is 0 Å². The molecule has 154 valence electrons. The number of unbranched alkanes of at least 4 members (excludes halogenated alkanes) is 6. The van der Waals surface area contributed by atoms with Crippen molar-refractivity contribution < 1.29 is 14.3 Å². The van der Waals surface area contributed by atoms with Gasteiger partial charge in [0, 0.05) is 17.6 Å². The fraction of sp³-hybridized carbons (Fsp3) is 0.545. The second-order valence-electron chi connectivity index (χ2n) is 7.08. The van der Waals surface area contributed by atoms with Crippen LogP contribution < -0.4 is 20.8 Å². The molecule has 28 heavy (non-hydrogen) atoms. The predicted octanol–water partition coefficient (Wildman–Crippen LogP) is 4.66. The number of anilines is 1. The Morgan fingerprint density at radius 3 is 2.39 bits per heavy atom. The van der Waals surface area contributed by atoms with Crippen molar-refractivity contribution in [2.45, 2.75) is 71.8 Å². The van der Waals surface area contributed by atoms with Gasteiger partial charge in [-0.25, -0.2) is 0 Å². The van der Waals surface area contributed by atoms with Gasteiger partial charge in [0.25, 0.3) is 12.0 Å². The van der Waals surface area contributed by atoms with E-state index in [1.54, 1.807) is 16.7 Å². The Kier molecular flexibility index (Phi) is 8.85. The van der Waals surface area contributed by atoms with Crippen LogP contribution in [0.5, 0.6) is 11.5 Å². The number of carbonyl (C=O) groups is 1. The molecule has 0 unspecified atom stereocenters. The van der Waals surface area contributed by atoms with E-state index in [1.165, 1.54) is 0 Å². The molecule has 0 aliphatic carbocycles. The monoisotopic (exact) mass is 388 g/mol. The summed E-state index contributed by atoms with van der Waals surface area (Å²) in [6.07, 6.45) is 8.35. The number of aromatic nitrogens is 1. The third kappa shape index (κ3) is 5.50. The lowest BCUT2D eigenvalue weighted by molar-refractivity contribution is -0.120. The number of nitrogens with zero attached hydrogens (tertiary/aromatic N) is 1. The van der Waals surface area contributed by atoms with E-state index < -0.39 is 0 Å². The SMILES string of the molecule is CCCCCCOc1c(OC=O)c(=O)n(CCCCCC)c2cc(N)ccc12. The van der Waals surface area contributed by atoms with Crippen LogP contribution in [0.3, 0.4) is 0 Å². The van der Waals surface area contributed by atoms with E-state index in [4.69, 9.17) is 15.2 Å². The maximum atomic E-state index is 13.1. The van der Waals surface area contributed by atoms with Crippen molar-refractivity contribution in [3.05, 3.63) is 28.6 Å². The summed E-state index contributed by atoms with van der Waals surface area (Å²) < 4.78 is 12.7. The zero-order valence-corrected chi connectivity index (χ0v) is 17.0. The van der Waals surface area contributed by atoms with E-state index in [9.17, 15) is 9.59 Å². The number of pyridine rings is 1. The standard InChI is InChI=1S/C22H32N2O4/c1-3-5-7-9-13-24-19-15-17(23)11-12-18(19)20(21(22(24)26)28-16-25)27-14-10-8-6-4-2/h11-12,15-16H,3-10,13-14,23H2,1-2H3. The molecule has 1 heterocycles. The van der Waals surface area contributed by atoms with Crippen molar-refractivity contribution in [2.75, 3.05) is 12.3 Å². The van der Waals surface area contributed by atoms with Crippen LogP contribution in [0.4, 0.5) is 5.69 Å². The molecule has 0 fully saturated rings. The summed E-state index contributed by atoms with van der Waals surface area (Å²) in [6.45, 7) is 5.59. The quantitative estimate of drug-likeness (QED) is 0.306. The number of benzene rings is 1. The third-order valence-corrected chi connectivity index (χ3v) is 4.85. The lowest BCUT2D eigenvalue weighted by Crippen LogP contribution is -2.24. The van der Waals surface area contributed by atoms with Crippen LogP contribution in [-0.4, -0.2) is 17.6 Å². The molecule has 0 atom stereocenters. The number of carbonyl (C=O) groups excluding carboxylic acids is 1. The maximum Gasteiger partial charge on any atom is 0.298 e. The third-order valence-electron chi connectivity index (χ3n) is 4.85. The van der Waals surface area contributed by atoms with Gasteiger partial charge in [0.2, 0.25) is 5.75 Å². The lowest BCUT2D eigenvalue weighted by atomic mass is 10.1. The van der Waals surface area contributed by atoms with E-state index in [0.717, 1.165) is 56.8 Å². The van der Waals surface area contributed by atoms with Crippen molar-refractivity contribution in [1.29, 1.82) is 0 Å². The normalized spacial score (nSPS) is 10.9. The van der Waals surface area contributed by atoms with Gasteiger partial charge in [0.1, 0.15) is 0 Å². The number of hydrogen-bond donors (Lipinski definition) is 1. The van der Waals surface area contributed by atoms with Gasteiger partial charge >= 0.3 is 0 Å². The van der Waals surface area contributed by atoms with Crippen molar-refractivity contribution in [1.82, 2.24) is 4.57 Å². The molecule has 0 aliphatic heterocycles. The van der Waals surface area contributed by atoms with Crippen LogP contribution in [-0.2, 0) is 11.3 Å². The number of ether oxygens (including phenoxy) is 2. The van der Waals surface area contributed by atoms with E-state index in [2.05, 4.69) is 13.8 Å². The van der Waals surface area contributed by atoms with Gasteiger partial charge in [-0.05, 0) is 31.0 Å². The molecule has 1 aromatic heterocycles. The summed E-state index contributed by atoms with van der Waals surface area (Å²) in [5.41, 5.74) is 6.91. The molecular formula is C22H32N2O4. The van der Waals surface area contributed by atoms with Gasteiger partial charge < -0.3 is 19.8 Å². The van der Waals surface area contributed by atoms with Crippen LogP contribution in [0.1, 0.15) is 65.2 Å². The zero-order valence-electron chi connectivity index (χ0n) is 17.0. The summed E-state index contributed by atoms with van der Waals surface area (Å²) in [7, 11) is 0. The molecule has 0 radical (unpaired) electrons. The maximum absolute atomic E-state index is 13.1.